The maximum Gasteiger partial charge on any atom is 0.171 e. The van der Waals surface area contributed by atoms with Gasteiger partial charge in [0, 0.05) is 18.2 Å². The van der Waals surface area contributed by atoms with Gasteiger partial charge in [-0.1, -0.05) is 0 Å². The second-order valence-electron chi connectivity index (χ2n) is 8.57. The number of pyridine rings is 1. The molecule has 0 N–H and O–H groups in total. The lowest BCUT2D eigenvalue weighted by Gasteiger charge is -2.35. The summed E-state index contributed by atoms with van der Waals surface area (Å²) in [5.74, 6) is -0.398. The van der Waals surface area contributed by atoms with E-state index in [0.29, 0.717) is 29.8 Å². The Kier molecular flexibility index (Phi) is 3.40. The average Bonchev–Trinajstić information content (AvgIpc) is 3.35. The number of nitrogens with zero attached hydrogens (tertiary/aromatic N) is 7. The molecule has 0 amide bonds. The lowest BCUT2D eigenvalue weighted by atomic mass is 9.97. The van der Waals surface area contributed by atoms with E-state index in [-0.39, 0.29) is 6.04 Å². The number of likely N-dealkylation sites (N-methyl/N-ethyl adjacent to an activating group) is 1. The third-order valence-corrected chi connectivity index (χ3v) is 7.04. The number of fused-ring (bicyclic) bond motifs is 7. The molecule has 0 spiro atoms. The molecule has 148 valence electrons. The smallest absolute Gasteiger partial charge is 0.171 e. The van der Waals surface area contributed by atoms with Crippen molar-refractivity contribution in [2.45, 2.75) is 50.9 Å². The van der Waals surface area contributed by atoms with Crippen molar-refractivity contribution in [2.75, 3.05) is 18.5 Å². The minimum Gasteiger partial charge on any atom is -0.362 e. The fourth-order valence-electron chi connectivity index (χ4n) is 5.58. The van der Waals surface area contributed by atoms with Crippen LogP contribution in [0.1, 0.15) is 54.5 Å². The Labute approximate surface area is 167 Å². The Balaban J connectivity index is 1.46. The van der Waals surface area contributed by atoms with E-state index in [0.717, 1.165) is 18.7 Å². The fourth-order valence-corrected chi connectivity index (χ4v) is 5.58. The summed E-state index contributed by atoms with van der Waals surface area (Å²) < 4.78 is 18.2. The molecule has 6 heterocycles. The van der Waals surface area contributed by atoms with Crippen LogP contribution in [0.4, 0.5) is 10.1 Å². The first-order valence-electron chi connectivity index (χ1n) is 10.2. The van der Waals surface area contributed by atoms with Crippen molar-refractivity contribution >= 4 is 11.2 Å². The monoisotopic (exact) mass is 391 g/mol. The average molecular weight is 391 g/mol. The second-order valence-corrected chi connectivity index (χ2v) is 8.57. The van der Waals surface area contributed by atoms with Gasteiger partial charge >= 0.3 is 0 Å². The molecule has 3 aliphatic rings. The predicted molar refractivity (Wildman–Crippen MR) is 105 cm³/mol. The molecule has 0 aromatic carbocycles. The number of anilines is 1. The van der Waals surface area contributed by atoms with Crippen LogP contribution in [0.2, 0.25) is 0 Å². The van der Waals surface area contributed by atoms with Crippen molar-refractivity contribution in [3.05, 3.63) is 46.8 Å². The fraction of sp³-hybridized carbons (Fsp3) is 0.476. The maximum absolute atomic E-state index is 14.6. The highest BCUT2D eigenvalue weighted by molar-refractivity contribution is 5.75. The number of hydrogen-bond donors (Lipinski definition) is 0. The van der Waals surface area contributed by atoms with Crippen LogP contribution in [0.15, 0.2) is 18.3 Å². The Morgan fingerprint density at radius 1 is 1.28 bits per heavy atom. The third kappa shape index (κ3) is 2.19. The number of nitriles is 1. The quantitative estimate of drug-likeness (QED) is 0.638. The van der Waals surface area contributed by atoms with Gasteiger partial charge in [0.05, 0.1) is 41.9 Å². The molecule has 0 saturated carbocycles. The Morgan fingerprint density at radius 3 is 2.97 bits per heavy atom. The number of aromatic nitrogens is 4. The van der Waals surface area contributed by atoms with Gasteiger partial charge in [-0.05, 0) is 45.4 Å². The molecule has 3 atom stereocenters. The summed E-state index contributed by atoms with van der Waals surface area (Å²) in [5, 5.41) is 18.5. The van der Waals surface area contributed by atoms with Crippen LogP contribution in [0.25, 0.3) is 5.52 Å². The molecule has 0 aliphatic carbocycles. The van der Waals surface area contributed by atoms with E-state index in [2.05, 4.69) is 39.6 Å². The van der Waals surface area contributed by atoms with Crippen molar-refractivity contribution in [3.8, 4) is 6.07 Å². The summed E-state index contributed by atoms with van der Waals surface area (Å²) in [5.41, 5.74) is 5.38. The van der Waals surface area contributed by atoms with E-state index in [1.165, 1.54) is 40.5 Å². The van der Waals surface area contributed by atoms with Gasteiger partial charge in [0.25, 0.3) is 0 Å². The minimum atomic E-state index is -0.398. The molecule has 1 saturated heterocycles. The molecule has 6 rings (SSSR count). The zero-order chi connectivity index (χ0) is 19.9. The van der Waals surface area contributed by atoms with Gasteiger partial charge in [-0.2, -0.15) is 15.5 Å². The molecule has 1 fully saturated rings. The molecule has 0 radical (unpaired) electrons. The Bertz CT molecular complexity index is 1190. The lowest BCUT2D eigenvalue weighted by Crippen LogP contribution is -2.38. The Morgan fingerprint density at radius 2 is 2.14 bits per heavy atom. The summed E-state index contributed by atoms with van der Waals surface area (Å²) in [6.07, 6.45) is 4.64. The Hall–Kier alpha value is -2.92. The largest absolute Gasteiger partial charge is 0.362 e. The molecule has 7 nitrogen and oxygen atoms in total. The number of halogens is 1. The standard InChI is InChI=1S/C21H22FN7/c1-12-10-27(18-6-4-14(8-23)29-21(18)16(22)9-24-29)11-19-15-7-13-3-5-17(26(13)2)20(15)25-28(12)19/h4,6,9,12-13,17H,3,5,7,10-11H2,1-2H3/t12-,13?,17?/m1/s1. The lowest BCUT2D eigenvalue weighted by molar-refractivity contribution is 0.220. The summed E-state index contributed by atoms with van der Waals surface area (Å²) >= 11 is 0. The minimum absolute atomic E-state index is 0.190. The van der Waals surface area contributed by atoms with E-state index in [9.17, 15) is 9.65 Å². The SMILES string of the molecule is C[C@@H]1CN(c2ccc(C#N)n3ncc(F)c23)Cc2c3c(nn21)C1CCC(C3)N1C. The highest BCUT2D eigenvalue weighted by Crippen LogP contribution is 2.45. The molecular weight excluding hydrogens is 369 g/mol. The summed E-state index contributed by atoms with van der Waals surface area (Å²) in [7, 11) is 2.22. The number of rotatable bonds is 1. The van der Waals surface area contributed by atoms with Gasteiger partial charge in [0.2, 0.25) is 0 Å². The topological polar surface area (TPSA) is 65.4 Å². The zero-order valence-corrected chi connectivity index (χ0v) is 16.5. The highest BCUT2D eigenvalue weighted by Gasteiger charge is 2.42. The first-order chi connectivity index (χ1) is 14.1. The summed E-state index contributed by atoms with van der Waals surface area (Å²) in [4.78, 5) is 4.69. The van der Waals surface area contributed by atoms with Crippen molar-refractivity contribution in [2.24, 2.45) is 0 Å². The molecule has 2 bridgehead atoms. The van der Waals surface area contributed by atoms with Gasteiger partial charge in [-0.25, -0.2) is 8.91 Å². The van der Waals surface area contributed by atoms with Crippen LogP contribution in [0.3, 0.4) is 0 Å². The zero-order valence-electron chi connectivity index (χ0n) is 16.5. The molecular formula is C21H22FN7. The van der Waals surface area contributed by atoms with Gasteiger partial charge in [-0.15, -0.1) is 0 Å². The summed E-state index contributed by atoms with van der Waals surface area (Å²) in [6, 6.07) is 6.87. The summed E-state index contributed by atoms with van der Waals surface area (Å²) in [6.45, 7) is 3.61. The normalized spacial score (nSPS) is 25.9. The van der Waals surface area contributed by atoms with Crippen molar-refractivity contribution in [1.29, 1.82) is 5.26 Å². The van der Waals surface area contributed by atoms with Crippen molar-refractivity contribution in [3.63, 3.8) is 0 Å². The highest BCUT2D eigenvalue weighted by atomic mass is 19.1. The van der Waals surface area contributed by atoms with Gasteiger partial charge < -0.3 is 4.90 Å². The second kappa shape index (κ2) is 5.80. The van der Waals surface area contributed by atoms with E-state index < -0.39 is 5.82 Å². The van der Waals surface area contributed by atoms with Crippen LogP contribution in [-0.4, -0.2) is 43.9 Å². The maximum atomic E-state index is 14.6. The van der Waals surface area contributed by atoms with E-state index in [1.54, 1.807) is 6.07 Å². The van der Waals surface area contributed by atoms with E-state index in [4.69, 9.17) is 5.10 Å². The molecule has 29 heavy (non-hydrogen) atoms. The van der Waals surface area contributed by atoms with Crippen LogP contribution < -0.4 is 4.90 Å². The number of hydrogen-bond acceptors (Lipinski definition) is 5. The molecule has 3 aliphatic heterocycles. The van der Waals surface area contributed by atoms with E-state index in [1.807, 2.05) is 6.07 Å². The van der Waals surface area contributed by atoms with Crippen molar-refractivity contribution < 1.29 is 4.39 Å². The van der Waals surface area contributed by atoms with Gasteiger partial charge in [0.1, 0.15) is 17.3 Å². The van der Waals surface area contributed by atoms with Crippen LogP contribution in [0.5, 0.6) is 0 Å². The van der Waals surface area contributed by atoms with Crippen LogP contribution in [-0.2, 0) is 13.0 Å². The predicted octanol–water partition coefficient (Wildman–Crippen LogP) is 2.81. The van der Waals surface area contributed by atoms with Crippen molar-refractivity contribution in [1.82, 2.24) is 24.3 Å². The van der Waals surface area contributed by atoms with Crippen LogP contribution >= 0.6 is 0 Å². The molecule has 2 unspecified atom stereocenters. The van der Waals surface area contributed by atoms with Gasteiger partial charge in [0.15, 0.2) is 5.82 Å². The molecule has 3 aromatic rings. The van der Waals surface area contributed by atoms with Gasteiger partial charge in [-0.3, -0.25) is 9.58 Å². The van der Waals surface area contributed by atoms with Crippen LogP contribution in [0, 0.1) is 17.1 Å². The molecule has 3 aromatic heterocycles. The molecule has 8 heteroatoms. The first-order valence-corrected chi connectivity index (χ1v) is 10.2. The third-order valence-electron chi connectivity index (χ3n) is 7.04. The first kappa shape index (κ1) is 17.0. The van der Waals surface area contributed by atoms with E-state index >= 15 is 0 Å².